The molecule has 1 aliphatic heterocycles. The molecule has 0 saturated carbocycles. The molecule has 7 heteroatoms. The number of aromatic nitrogens is 2. The van der Waals surface area contributed by atoms with Gasteiger partial charge in [0.1, 0.15) is 11.6 Å². The van der Waals surface area contributed by atoms with Gasteiger partial charge in [-0.2, -0.15) is 0 Å². The van der Waals surface area contributed by atoms with Gasteiger partial charge in [0.05, 0.1) is 5.69 Å². The van der Waals surface area contributed by atoms with Crippen molar-refractivity contribution in [3.63, 3.8) is 0 Å². The monoisotopic (exact) mass is 394 g/mol. The van der Waals surface area contributed by atoms with Crippen molar-refractivity contribution >= 4 is 5.91 Å². The molecule has 2 aromatic heterocycles. The van der Waals surface area contributed by atoms with E-state index >= 15 is 0 Å². The predicted octanol–water partition coefficient (Wildman–Crippen LogP) is 3.05. The molecule has 1 amide bonds. The number of amides is 1. The zero-order valence-electron chi connectivity index (χ0n) is 16.3. The van der Waals surface area contributed by atoms with Gasteiger partial charge in [0.2, 0.25) is 0 Å². The molecule has 1 N–H and O–H groups in total. The number of carbonyl (C=O) groups excluding carboxylic acids is 1. The lowest BCUT2D eigenvalue weighted by molar-refractivity contribution is 0.0914. The van der Waals surface area contributed by atoms with E-state index in [-0.39, 0.29) is 17.6 Å². The molecule has 0 unspecified atom stereocenters. The quantitative estimate of drug-likeness (QED) is 0.720. The van der Waals surface area contributed by atoms with E-state index in [9.17, 15) is 9.18 Å². The summed E-state index contributed by atoms with van der Waals surface area (Å²) in [7, 11) is 0. The molecule has 29 heavy (non-hydrogen) atoms. The fraction of sp³-hybridized carbons (Fsp3) is 0.318. The number of nitrogens with one attached hydrogen (secondary N) is 1. The lowest BCUT2D eigenvalue weighted by atomic mass is 10.1. The van der Waals surface area contributed by atoms with Crippen LogP contribution in [0, 0.1) is 12.7 Å². The molecule has 0 saturated heterocycles. The number of carbonyl (C=O) groups is 1. The van der Waals surface area contributed by atoms with E-state index in [4.69, 9.17) is 4.42 Å². The molecular formula is C22H23FN4O2. The van der Waals surface area contributed by atoms with Crippen LogP contribution in [-0.2, 0) is 25.9 Å². The molecule has 150 valence electrons. The highest BCUT2D eigenvalue weighted by Crippen LogP contribution is 2.19. The van der Waals surface area contributed by atoms with Gasteiger partial charge >= 0.3 is 5.91 Å². The van der Waals surface area contributed by atoms with Gasteiger partial charge in [-0.25, -0.2) is 9.37 Å². The summed E-state index contributed by atoms with van der Waals surface area (Å²) in [5, 5.41) is 2.82. The zero-order chi connectivity index (χ0) is 20.2. The number of hydrogen-bond acceptors (Lipinski definition) is 5. The Labute approximate surface area is 168 Å². The number of pyridine rings is 1. The third-order valence-corrected chi connectivity index (χ3v) is 5.00. The normalized spacial score (nSPS) is 14.3. The summed E-state index contributed by atoms with van der Waals surface area (Å²) < 4.78 is 19.4. The molecule has 0 fully saturated rings. The molecule has 6 nitrogen and oxygen atoms in total. The smallest absolute Gasteiger partial charge is 0.307 e. The molecular weight excluding hydrogens is 371 g/mol. The van der Waals surface area contributed by atoms with Crippen LogP contribution in [0.25, 0.3) is 0 Å². The van der Waals surface area contributed by atoms with Gasteiger partial charge in [-0.3, -0.25) is 14.7 Å². The largest absolute Gasteiger partial charge is 0.437 e. The van der Waals surface area contributed by atoms with Crippen molar-refractivity contribution in [1.82, 2.24) is 20.2 Å². The Kier molecular flexibility index (Phi) is 5.67. The van der Waals surface area contributed by atoms with Crippen LogP contribution in [0.3, 0.4) is 0 Å². The Morgan fingerprint density at radius 3 is 2.76 bits per heavy atom. The molecule has 3 aromatic rings. The number of hydrogen-bond donors (Lipinski definition) is 1. The second-order valence-corrected chi connectivity index (χ2v) is 7.34. The molecule has 0 aliphatic carbocycles. The number of benzene rings is 1. The SMILES string of the molecule is Cc1cc(F)cc(CN2CCc3nc(C(=O)NCc4ccncc4)oc3CC2)c1. The van der Waals surface area contributed by atoms with Gasteiger partial charge < -0.3 is 9.73 Å². The van der Waals surface area contributed by atoms with Crippen LogP contribution in [0.2, 0.25) is 0 Å². The van der Waals surface area contributed by atoms with E-state index in [0.717, 1.165) is 41.2 Å². The molecule has 1 aliphatic rings. The molecule has 0 radical (unpaired) electrons. The summed E-state index contributed by atoms with van der Waals surface area (Å²) in [6, 6.07) is 8.82. The number of oxazole rings is 1. The van der Waals surface area contributed by atoms with Crippen molar-refractivity contribution in [2.75, 3.05) is 13.1 Å². The number of nitrogens with zero attached hydrogens (tertiary/aromatic N) is 3. The molecule has 1 aromatic carbocycles. The summed E-state index contributed by atoms with van der Waals surface area (Å²) in [6.07, 6.45) is 4.75. The van der Waals surface area contributed by atoms with Crippen molar-refractivity contribution in [1.29, 1.82) is 0 Å². The second kappa shape index (κ2) is 8.53. The van der Waals surface area contributed by atoms with E-state index in [1.54, 1.807) is 18.5 Å². The fourth-order valence-electron chi connectivity index (χ4n) is 3.58. The minimum absolute atomic E-state index is 0.110. The van der Waals surface area contributed by atoms with Crippen molar-refractivity contribution in [3.8, 4) is 0 Å². The van der Waals surface area contributed by atoms with Gasteiger partial charge in [-0.15, -0.1) is 0 Å². The van der Waals surface area contributed by atoms with E-state index in [0.29, 0.717) is 25.9 Å². The van der Waals surface area contributed by atoms with E-state index in [1.807, 2.05) is 25.1 Å². The van der Waals surface area contributed by atoms with Gasteiger partial charge in [-0.1, -0.05) is 6.07 Å². The first-order valence-electron chi connectivity index (χ1n) is 9.71. The first-order chi connectivity index (χ1) is 14.1. The highest BCUT2D eigenvalue weighted by atomic mass is 19.1. The van der Waals surface area contributed by atoms with Crippen molar-refractivity contribution in [2.24, 2.45) is 0 Å². The molecule has 4 rings (SSSR count). The third-order valence-electron chi connectivity index (χ3n) is 5.00. The molecule has 3 heterocycles. The minimum Gasteiger partial charge on any atom is -0.437 e. The van der Waals surface area contributed by atoms with Crippen LogP contribution >= 0.6 is 0 Å². The van der Waals surface area contributed by atoms with Crippen LogP contribution in [-0.4, -0.2) is 33.9 Å². The zero-order valence-corrected chi connectivity index (χ0v) is 16.3. The number of rotatable bonds is 5. The Hall–Kier alpha value is -3.06. The summed E-state index contributed by atoms with van der Waals surface area (Å²) >= 11 is 0. The fourth-order valence-corrected chi connectivity index (χ4v) is 3.58. The highest BCUT2D eigenvalue weighted by molar-refractivity contribution is 5.89. The number of fused-ring (bicyclic) bond motifs is 1. The Bertz CT molecular complexity index is 958. The van der Waals surface area contributed by atoms with Crippen LogP contribution in [0.4, 0.5) is 4.39 Å². The Morgan fingerprint density at radius 2 is 1.97 bits per heavy atom. The van der Waals surface area contributed by atoms with Crippen molar-refractivity contribution < 1.29 is 13.6 Å². The maximum Gasteiger partial charge on any atom is 0.307 e. The first-order valence-corrected chi connectivity index (χ1v) is 9.71. The van der Waals surface area contributed by atoms with Gasteiger partial charge in [0.25, 0.3) is 5.89 Å². The van der Waals surface area contributed by atoms with Crippen LogP contribution < -0.4 is 5.32 Å². The molecule has 0 spiro atoms. The van der Waals surface area contributed by atoms with Gasteiger partial charge in [0.15, 0.2) is 0 Å². The third kappa shape index (κ3) is 4.86. The topological polar surface area (TPSA) is 71.3 Å². The Balaban J connectivity index is 1.35. The first kappa shape index (κ1) is 19.3. The lowest BCUT2D eigenvalue weighted by Crippen LogP contribution is -2.26. The van der Waals surface area contributed by atoms with Crippen molar-refractivity contribution in [2.45, 2.75) is 32.9 Å². The predicted molar refractivity (Wildman–Crippen MR) is 106 cm³/mol. The maximum absolute atomic E-state index is 13.6. The van der Waals surface area contributed by atoms with Gasteiger partial charge in [0, 0.05) is 51.4 Å². The van der Waals surface area contributed by atoms with Crippen molar-refractivity contribution in [3.05, 3.63) is 82.6 Å². The average molecular weight is 394 g/mol. The van der Waals surface area contributed by atoms with E-state index in [2.05, 4.69) is 20.2 Å². The Morgan fingerprint density at radius 1 is 1.17 bits per heavy atom. The average Bonchev–Trinajstić information content (AvgIpc) is 3.02. The van der Waals surface area contributed by atoms with Crippen LogP contribution in [0.5, 0.6) is 0 Å². The summed E-state index contributed by atoms with van der Waals surface area (Å²) in [5.41, 5.74) is 3.68. The lowest BCUT2D eigenvalue weighted by Gasteiger charge is -2.19. The van der Waals surface area contributed by atoms with Crippen LogP contribution in [0.1, 0.15) is 38.8 Å². The highest BCUT2D eigenvalue weighted by Gasteiger charge is 2.22. The molecule has 0 bridgehead atoms. The number of halogens is 1. The standard InChI is InChI=1S/C22H23FN4O2/c1-15-10-17(12-18(23)11-15)14-27-8-4-19-20(5-9-27)29-22(26-19)21(28)25-13-16-2-6-24-7-3-16/h2-3,6-7,10-12H,4-5,8-9,13-14H2,1H3,(H,25,28). The second-order valence-electron chi connectivity index (χ2n) is 7.34. The molecule has 0 atom stereocenters. The summed E-state index contributed by atoms with van der Waals surface area (Å²) in [4.78, 5) is 23.0. The number of aryl methyl sites for hydroxylation is 1. The maximum atomic E-state index is 13.6. The minimum atomic E-state index is -0.318. The van der Waals surface area contributed by atoms with Gasteiger partial charge in [-0.05, 0) is 47.9 Å². The summed E-state index contributed by atoms with van der Waals surface area (Å²) in [6.45, 7) is 4.54. The van der Waals surface area contributed by atoms with E-state index in [1.165, 1.54) is 6.07 Å². The van der Waals surface area contributed by atoms with Crippen LogP contribution in [0.15, 0.2) is 47.1 Å². The summed E-state index contributed by atoms with van der Waals surface area (Å²) in [5.74, 6) is 0.350. The van der Waals surface area contributed by atoms with E-state index < -0.39 is 0 Å².